The van der Waals surface area contributed by atoms with Gasteiger partial charge in [0.2, 0.25) is 0 Å². The molecule has 2 aromatic heterocycles. The van der Waals surface area contributed by atoms with Gasteiger partial charge in [-0.1, -0.05) is 12.1 Å². The van der Waals surface area contributed by atoms with Gasteiger partial charge < -0.3 is 4.74 Å². The Hall–Kier alpha value is -2.23. The van der Waals surface area contributed by atoms with Crippen molar-refractivity contribution in [3.63, 3.8) is 0 Å². The second-order valence-electron chi connectivity index (χ2n) is 3.34. The molecule has 0 fully saturated rings. The van der Waals surface area contributed by atoms with Gasteiger partial charge in [-0.3, -0.25) is 4.98 Å². The summed E-state index contributed by atoms with van der Waals surface area (Å²) in [7, 11) is 0. The van der Waals surface area contributed by atoms with Gasteiger partial charge in [-0.05, 0) is 31.2 Å². The Kier molecular flexibility index (Phi) is 3.45. The lowest BCUT2D eigenvalue weighted by Crippen LogP contribution is -2.07. The van der Waals surface area contributed by atoms with Crippen molar-refractivity contribution in [2.45, 2.75) is 6.92 Å². The number of pyridine rings is 2. The molecule has 0 spiro atoms. The molecule has 0 bridgehead atoms. The van der Waals surface area contributed by atoms with Crippen LogP contribution in [0, 0.1) is 0 Å². The van der Waals surface area contributed by atoms with Crippen molar-refractivity contribution in [1.82, 2.24) is 9.97 Å². The summed E-state index contributed by atoms with van der Waals surface area (Å²) >= 11 is 0. The van der Waals surface area contributed by atoms with E-state index in [0.29, 0.717) is 18.0 Å². The molecule has 0 atom stereocenters. The molecule has 0 radical (unpaired) electrons. The van der Waals surface area contributed by atoms with Crippen LogP contribution in [0.4, 0.5) is 0 Å². The number of aromatic nitrogens is 2. The van der Waals surface area contributed by atoms with Gasteiger partial charge in [0, 0.05) is 6.20 Å². The summed E-state index contributed by atoms with van der Waals surface area (Å²) in [6, 6.07) is 10.8. The first kappa shape index (κ1) is 11.3. The van der Waals surface area contributed by atoms with E-state index in [2.05, 4.69) is 9.97 Å². The van der Waals surface area contributed by atoms with Crippen molar-refractivity contribution >= 4 is 5.97 Å². The third-order valence-corrected chi connectivity index (χ3v) is 2.16. The molecule has 0 saturated carbocycles. The normalized spacial score (nSPS) is 9.94. The first-order chi connectivity index (χ1) is 8.31. The van der Waals surface area contributed by atoms with Crippen molar-refractivity contribution in [3.05, 3.63) is 48.3 Å². The average molecular weight is 228 g/mol. The Bertz CT molecular complexity index is 512. The highest BCUT2D eigenvalue weighted by atomic mass is 16.5. The van der Waals surface area contributed by atoms with Crippen molar-refractivity contribution in [2.24, 2.45) is 0 Å². The van der Waals surface area contributed by atoms with E-state index in [0.717, 1.165) is 5.69 Å². The Morgan fingerprint density at radius 2 is 2.00 bits per heavy atom. The van der Waals surface area contributed by atoms with Crippen LogP contribution in [0.3, 0.4) is 0 Å². The number of rotatable bonds is 3. The van der Waals surface area contributed by atoms with E-state index in [1.807, 2.05) is 24.3 Å². The minimum Gasteiger partial charge on any atom is -0.461 e. The number of nitrogens with zero attached hydrogens (tertiary/aromatic N) is 2. The van der Waals surface area contributed by atoms with Crippen LogP contribution in [0.15, 0.2) is 42.6 Å². The maximum absolute atomic E-state index is 11.5. The van der Waals surface area contributed by atoms with E-state index >= 15 is 0 Å². The molecule has 86 valence electrons. The average Bonchev–Trinajstić information content (AvgIpc) is 2.40. The molecule has 0 aromatic carbocycles. The van der Waals surface area contributed by atoms with Gasteiger partial charge in [0.05, 0.1) is 18.0 Å². The lowest BCUT2D eigenvalue weighted by atomic mass is 10.2. The molecule has 2 heterocycles. The summed E-state index contributed by atoms with van der Waals surface area (Å²) in [5.74, 6) is -0.412. The quantitative estimate of drug-likeness (QED) is 0.756. The van der Waals surface area contributed by atoms with Crippen molar-refractivity contribution in [1.29, 1.82) is 0 Å². The zero-order valence-corrected chi connectivity index (χ0v) is 9.46. The third-order valence-electron chi connectivity index (χ3n) is 2.16. The van der Waals surface area contributed by atoms with Gasteiger partial charge in [-0.15, -0.1) is 0 Å². The summed E-state index contributed by atoms with van der Waals surface area (Å²) in [6.45, 7) is 2.11. The third kappa shape index (κ3) is 2.66. The topological polar surface area (TPSA) is 52.1 Å². The van der Waals surface area contributed by atoms with Crippen LogP contribution in [0.1, 0.15) is 17.4 Å². The second-order valence-corrected chi connectivity index (χ2v) is 3.34. The minimum atomic E-state index is -0.412. The predicted molar refractivity (Wildman–Crippen MR) is 63.4 cm³/mol. The molecular formula is C13H12N2O2. The largest absolute Gasteiger partial charge is 0.461 e. The summed E-state index contributed by atoms with van der Waals surface area (Å²) in [4.78, 5) is 19.9. The molecular weight excluding hydrogens is 216 g/mol. The monoisotopic (exact) mass is 228 g/mol. The zero-order valence-electron chi connectivity index (χ0n) is 9.46. The van der Waals surface area contributed by atoms with E-state index in [-0.39, 0.29) is 0 Å². The van der Waals surface area contributed by atoms with Crippen LogP contribution in [0.25, 0.3) is 11.4 Å². The van der Waals surface area contributed by atoms with Gasteiger partial charge >= 0.3 is 5.97 Å². The number of carbonyl (C=O) groups is 1. The zero-order chi connectivity index (χ0) is 12.1. The van der Waals surface area contributed by atoms with E-state index in [4.69, 9.17) is 4.74 Å². The van der Waals surface area contributed by atoms with Gasteiger partial charge in [-0.25, -0.2) is 9.78 Å². The minimum absolute atomic E-state index is 0.301. The van der Waals surface area contributed by atoms with Crippen LogP contribution in [-0.4, -0.2) is 22.5 Å². The highest BCUT2D eigenvalue weighted by Crippen LogP contribution is 2.13. The van der Waals surface area contributed by atoms with Gasteiger partial charge in [-0.2, -0.15) is 0 Å². The molecule has 0 N–H and O–H groups in total. The summed E-state index contributed by atoms with van der Waals surface area (Å²) in [5, 5.41) is 0. The molecule has 0 unspecified atom stereocenters. The molecule has 17 heavy (non-hydrogen) atoms. The predicted octanol–water partition coefficient (Wildman–Crippen LogP) is 2.32. The van der Waals surface area contributed by atoms with Gasteiger partial charge in [0.15, 0.2) is 0 Å². The van der Waals surface area contributed by atoms with E-state index < -0.39 is 5.97 Å². The molecule has 0 saturated heterocycles. The van der Waals surface area contributed by atoms with Crippen molar-refractivity contribution < 1.29 is 9.53 Å². The molecule has 0 aliphatic heterocycles. The van der Waals surface area contributed by atoms with Crippen molar-refractivity contribution in [3.8, 4) is 11.4 Å². The standard InChI is InChI=1S/C13H12N2O2/c1-2-17-13(16)12-8-5-7-11(15-12)10-6-3-4-9-14-10/h3-9H,2H2,1H3. The summed E-state index contributed by atoms with van der Waals surface area (Å²) < 4.78 is 4.90. The second kappa shape index (κ2) is 5.21. The van der Waals surface area contributed by atoms with Crippen LogP contribution in [-0.2, 0) is 4.74 Å². The number of ether oxygens (including phenoxy) is 1. The Morgan fingerprint density at radius 3 is 2.71 bits per heavy atom. The van der Waals surface area contributed by atoms with E-state index in [1.54, 1.807) is 25.3 Å². The Labute approximate surface area is 99.3 Å². The highest BCUT2D eigenvalue weighted by molar-refractivity contribution is 5.87. The van der Waals surface area contributed by atoms with E-state index in [9.17, 15) is 4.79 Å². The van der Waals surface area contributed by atoms with Gasteiger partial charge in [0.1, 0.15) is 5.69 Å². The SMILES string of the molecule is CCOC(=O)c1cccc(-c2ccccn2)n1. The van der Waals surface area contributed by atoms with Crippen LogP contribution < -0.4 is 0 Å². The fraction of sp³-hybridized carbons (Fsp3) is 0.154. The first-order valence-corrected chi connectivity index (χ1v) is 5.37. The lowest BCUT2D eigenvalue weighted by Gasteiger charge is -2.03. The first-order valence-electron chi connectivity index (χ1n) is 5.37. The summed E-state index contributed by atoms with van der Waals surface area (Å²) in [6.07, 6.45) is 1.69. The molecule has 2 rings (SSSR count). The Balaban J connectivity index is 2.32. The fourth-order valence-electron chi connectivity index (χ4n) is 1.41. The van der Waals surface area contributed by atoms with E-state index in [1.165, 1.54) is 0 Å². The Morgan fingerprint density at radius 1 is 1.18 bits per heavy atom. The van der Waals surface area contributed by atoms with Crippen LogP contribution >= 0.6 is 0 Å². The molecule has 2 aromatic rings. The van der Waals surface area contributed by atoms with Crippen LogP contribution in [0.5, 0.6) is 0 Å². The highest BCUT2D eigenvalue weighted by Gasteiger charge is 2.09. The molecule has 0 aliphatic rings. The van der Waals surface area contributed by atoms with Crippen molar-refractivity contribution in [2.75, 3.05) is 6.61 Å². The maximum atomic E-state index is 11.5. The number of esters is 1. The molecule has 4 nitrogen and oxygen atoms in total. The number of hydrogen-bond acceptors (Lipinski definition) is 4. The van der Waals surface area contributed by atoms with Gasteiger partial charge in [0.25, 0.3) is 0 Å². The molecule has 0 aliphatic carbocycles. The number of carbonyl (C=O) groups excluding carboxylic acids is 1. The maximum Gasteiger partial charge on any atom is 0.356 e. The van der Waals surface area contributed by atoms with Crippen LogP contribution in [0.2, 0.25) is 0 Å². The number of hydrogen-bond donors (Lipinski definition) is 0. The summed E-state index contributed by atoms with van der Waals surface area (Å²) in [5.41, 5.74) is 1.70. The lowest BCUT2D eigenvalue weighted by molar-refractivity contribution is 0.0519. The molecule has 4 heteroatoms. The molecule has 0 amide bonds. The smallest absolute Gasteiger partial charge is 0.356 e. The fourth-order valence-corrected chi connectivity index (χ4v) is 1.41.